The second kappa shape index (κ2) is 10.6. The Kier molecular flexibility index (Phi) is 7.61. The van der Waals surface area contributed by atoms with Crippen molar-refractivity contribution in [3.05, 3.63) is 59.6 Å². The van der Waals surface area contributed by atoms with Crippen LogP contribution in [0.15, 0.2) is 46.9 Å². The smallest absolute Gasteiger partial charge is 0.330 e. The summed E-state index contributed by atoms with van der Waals surface area (Å²) in [6, 6.07) is 10.7. The van der Waals surface area contributed by atoms with E-state index >= 15 is 0 Å². The van der Waals surface area contributed by atoms with Gasteiger partial charge in [-0.05, 0) is 49.8 Å². The zero-order valence-electron chi connectivity index (χ0n) is 17.8. The number of nitrogens with one attached hydrogen (secondary N) is 1. The maximum absolute atomic E-state index is 12.4. The van der Waals surface area contributed by atoms with Gasteiger partial charge in [0.1, 0.15) is 5.76 Å². The molecular weight excluding hydrogens is 398 g/mol. The molecule has 0 atom stereocenters. The number of furan rings is 1. The lowest BCUT2D eigenvalue weighted by molar-refractivity contribution is -0.137. The third-order valence-electron chi connectivity index (χ3n) is 4.87. The lowest BCUT2D eigenvalue weighted by Gasteiger charge is -2.33. The van der Waals surface area contributed by atoms with Gasteiger partial charge < -0.3 is 19.4 Å². The maximum Gasteiger partial charge on any atom is 0.330 e. The van der Waals surface area contributed by atoms with Crippen LogP contribution in [0.3, 0.4) is 0 Å². The molecule has 1 aliphatic heterocycles. The molecule has 0 radical (unpaired) electrons. The molecule has 3 rings (SSSR count). The third kappa shape index (κ3) is 6.55. The average molecular weight is 425 g/mol. The van der Waals surface area contributed by atoms with Crippen molar-refractivity contribution in [2.45, 2.75) is 13.8 Å². The Morgan fingerprint density at radius 3 is 2.39 bits per heavy atom. The summed E-state index contributed by atoms with van der Waals surface area (Å²) in [5, 5.41) is 2.87. The molecule has 1 aromatic carbocycles. The zero-order valence-corrected chi connectivity index (χ0v) is 17.8. The van der Waals surface area contributed by atoms with E-state index < -0.39 is 0 Å². The molecule has 2 amide bonds. The summed E-state index contributed by atoms with van der Waals surface area (Å²) in [4.78, 5) is 39.9. The highest BCUT2D eigenvalue weighted by atomic mass is 16.5. The van der Waals surface area contributed by atoms with Gasteiger partial charge in [-0.15, -0.1) is 0 Å². The molecule has 0 bridgehead atoms. The van der Waals surface area contributed by atoms with Crippen LogP contribution in [0.1, 0.15) is 28.8 Å². The van der Waals surface area contributed by atoms with Gasteiger partial charge in [0.15, 0.2) is 5.76 Å². The quantitative estimate of drug-likeness (QED) is 0.542. The monoisotopic (exact) mass is 425 g/mol. The highest BCUT2D eigenvalue weighted by Crippen LogP contribution is 2.13. The average Bonchev–Trinajstić information content (AvgIpc) is 3.20. The second-order valence-corrected chi connectivity index (χ2v) is 7.23. The van der Waals surface area contributed by atoms with E-state index in [1.165, 1.54) is 6.08 Å². The largest absolute Gasteiger partial charge is 0.463 e. The van der Waals surface area contributed by atoms with Crippen LogP contribution in [0.4, 0.5) is 5.69 Å². The molecule has 0 saturated carbocycles. The van der Waals surface area contributed by atoms with Crippen molar-refractivity contribution in [3.8, 4) is 0 Å². The first-order chi connectivity index (χ1) is 14.9. The van der Waals surface area contributed by atoms with Crippen LogP contribution in [0.25, 0.3) is 6.08 Å². The Morgan fingerprint density at radius 2 is 1.77 bits per heavy atom. The number of carbonyl (C=O) groups excluding carboxylic acids is 3. The zero-order chi connectivity index (χ0) is 22.2. The number of hydrogen-bond acceptors (Lipinski definition) is 6. The molecule has 1 aromatic heterocycles. The van der Waals surface area contributed by atoms with Gasteiger partial charge in [0.25, 0.3) is 5.91 Å². The molecule has 1 saturated heterocycles. The minimum absolute atomic E-state index is 0.115. The molecule has 2 aromatic rings. The second-order valence-electron chi connectivity index (χ2n) is 7.23. The fourth-order valence-electron chi connectivity index (χ4n) is 3.25. The Morgan fingerprint density at radius 1 is 1.06 bits per heavy atom. The van der Waals surface area contributed by atoms with Gasteiger partial charge in [0.2, 0.25) is 5.91 Å². The third-order valence-corrected chi connectivity index (χ3v) is 4.87. The summed E-state index contributed by atoms with van der Waals surface area (Å²) >= 11 is 0. The minimum Gasteiger partial charge on any atom is -0.463 e. The van der Waals surface area contributed by atoms with E-state index in [9.17, 15) is 14.4 Å². The molecular formula is C23H27N3O5. The molecule has 2 heterocycles. The maximum atomic E-state index is 12.4. The molecule has 164 valence electrons. The van der Waals surface area contributed by atoms with Gasteiger partial charge >= 0.3 is 5.97 Å². The van der Waals surface area contributed by atoms with Crippen molar-refractivity contribution < 1.29 is 23.5 Å². The molecule has 0 unspecified atom stereocenters. The number of hydrogen-bond donors (Lipinski definition) is 1. The Labute approximate surface area is 181 Å². The number of anilines is 1. The van der Waals surface area contributed by atoms with E-state index in [2.05, 4.69) is 5.32 Å². The normalized spacial score (nSPS) is 14.6. The molecule has 0 spiro atoms. The van der Waals surface area contributed by atoms with Crippen LogP contribution in [0.5, 0.6) is 0 Å². The number of ether oxygens (including phenoxy) is 1. The number of amides is 2. The first kappa shape index (κ1) is 22.3. The van der Waals surface area contributed by atoms with Crippen molar-refractivity contribution in [2.24, 2.45) is 0 Å². The van der Waals surface area contributed by atoms with Crippen LogP contribution in [0, 0.1) is 6.92 Å². The van der Waals surface area contributed by atoms with E-state index in [4.69, 9.17) is 9.15 Å². The lowest BCUT2D eigenvalue weighted by Crippen LogP contribution is -2.50. The van der Waals surface area contributed by atoms with Crippen molar-refractivity contribution >= 4 is 29.5 Å². The number of carbonyl (C=O) groups is 3. The standard InChI is InChI=1S/C23H27N3O5/c1-3-30-22(28)11-7-18-5-8-19(9-6-18)24-21(27)16-25-12-14-26(15-13-25)23(29)20-10-4-17(2)31-20/h4-11H,3,12-16H2,1-2H3,(H,24,27)/b11-7+. The number of rotatable bonds is 7. The van der Waals surface area contributed by atoms with Crippen molar-refractivity contribution in [1.29, 1.82) is 0 Å². The molecule has 31 heavy (non-hydrogen) atoms. The van der Waals surface area contributed by atoms with Crippen LogP contribution < -0.4 is 5.32 Å². The fourth-order valence-corrected chi connectivity index (χ4v) is 3.25. The molecule has 8 heteroatoms. The first-order valence-electron chi connectivity index (χ1n) is 10.3. The van der Waals surface area contributed by atoms with Gasteiger partial charge in [0, 0.05) is 37.9 Å². The molecule has 1 fully saturated rings. The van der Waals surface area contributed by atoms with Gasteiger partial charge in [-0.25, -0.2) is 4.79 Å². The topological polar surface area (TPSA) is 92.1 Å². The Bertz CT molecular complexity index is 940. The van der Waals surface area contributed by atoms with Gasteiger partial charge in [0.05, 0.1) is 13.2 Å². The first-order valence-corrected chi connectivity index (χ1v) is 10.3. The number of piperazine rings is 1. The molecule has 1 N–H and O–H groups in total. The number of aryl methyl sites for hydroxylation is 1. The number of esters is 1. The molecule has 0 aliphatic carbocycles. The summed E-state index contributed by atoms with van der Waals surface area (Å²) in [5.41, 5.74) is 1.51. The predicted octanol–water partition coefficient (Wildman–Crippen LogP) is 2.56. The van der Waals surface area contributed by atoms with E-state index in [0.29, 0.717) is 50.0 Å². The highest BCUT2D eigenvalue weighted by molar-refractivity contribution is 5.93. The highest BCUT2D eigenvalue weighted by Gasteiger charge is 2.24. The van der Waals surface area contributed by atoms with Crippen molar-refractivity contribution in [2.75, 3.05) is 44.6 Å². The van der Waals surface area contributed by atoms with Crippen molar-refractivity contribution in [3.63, 3.8) is 0 Å². The van der Waals surface area contributed by atoms with Crippen LogP contribution in [-0.2, 0) is 14.3 Å². The molecule has 8 nitrogen and oxygen atoms in total. The summed E-state index contributed by atoms with van der Waals surface area (Å²) < 4.78 is 10.2. The predicted molar refractivity (Wildman–Crippen MR) is 117 cm³/mol. The van der Waals surface area contributed by atoms with Crippen LogP contribution in [-0.4, -0.2) is 66.9 Å². The van der Waals surface area contributed by atoms with Gasteiger partial charge in [-0.3, -0.25) is 14.5 Å². The van der Waals surface area contributed by atoms with E-state index in [1.54, 1.807) is 49.1 Å². The Balaban J connectivity index is 1.43. The van der Waals surface area contributed by atoms with Crippen molar-refractivity contribution in [1.82, 2.24) is 9.80 Å². The summed E-state index contributed by atoms with van der Waals surface area (Å²) in [6.45, 7) is 6.49. The summed E-state index contributed by atoms with van der Waals surface area (Å²) in [7, 11) is 0. The number of benzene rings is 1. The van der Waals surface area contributed by atoms with E-state index in [1.807, 2.05) is 17.0 Å². The number of nitrogens with zero attached hydrogens (tertiary/aromatic N) is 2. The van der Waals surface area contributed by atoms with Gasteiger partial charge in [-0.1, -0.05) is 12.1 Å². The summed E-state index contributed by atoms with van der Waals surface area (Å²) in [5.74, 6) is 0.442. The lowest BCUT2D eigenvalue weighted by atomic mass is 10.2. The minimum atomic E-state index is -0.388. The molecule has 1 aliphatic rings. The van der Waals surface area contributed by atoms with E-state index in [0.717, 1.165) is 5.56 Å². The van der Waals surface area contributed by atoms with E-state index in [-0.39, 0.29) is 24.3 Å². The summed E-state index contributed by atoms with van der Waals surface area (Å²) in [6.07, 6.45) is 3.03. The van der Waals surface area contributed by atoms with Crippen LogP contribution >= 0.6 is 0 Å². The Hall–Kier alpha value is -3.39. The van der Waals surface area contributed by atoms with Crippen LogP contribution in [0.2, 0.25) is 0 Å². The fraction of sp³-hybridized carbons (Fsp3) is 0.348. The SMILES string of the molecule is CCOC(=O)/C=C/c1ccc(NC(=O)CN2CCN(C(=O)c3ccc(C)o3)CC2)cc1. The van der Waals surface area contributed by atoms with Gasteiger partial charge in [-0.2, -0.15) is 0 Å².